The normalized spacial score (nSPS) is 15.3. The van der Waals surface area contributed by atoms with Gasteiger partial charge in [0.1, 0.15) is 0 Å². The predicted molar refractivity (Wildman–Crippen MR) is 113 cm³/mol. The highest BCUT2D eigenvalue weighted by molar-refractivity contribution is 6.03. The summed E-state index contributed by atoms with van der Waals surface area (Å²) in [5.74, 6) is -1.88. The van der Waals surface area contributed by atoms with Gasteiger partial charge in [0.25, 0.3) is 11.8 Å². The van der Waals surface area contributed by atoms with Gasteiger partial charge in [-0.15, -0.1) is 5.10 Å². The van der Waals surface area contributed by atoms with Crippen molar-refractivity contribution in [3.8, 4) is 0 Å². The fourth-order valence-corrected chi connectivity index (χ4v) is 3.17. The predicted octanol–water partition coefficient (Wildman–Crippen LogP) is 4.45. The van der Waals surface area contributed by atoms with Crippen LogP contribution < -0.4 is 5.32 Å². The molecule has 1 N–H and O–H groups in total. The average Bonchev–Trinajstić information content (AvgIpc) is 2.79. The average molecular weight is 515 g/mol. The number of hydrogen-bond donors (Lipinski definition) is 1. The molecule has 1 aliphatic heterocycles. The van der Waals surface area contributed by atoms with Gasteiger partial charge in [-0.1, -0.05) is 0 Å². The largest absolute Gasteiger partial charge is 0.430 e. The van der Waals surface area contributed by atoms with E-state index >= 15 is 0 Å². The van der Waals surface area contributed by atoms with Crippen LogP contribution >= 0.6 is 0 Å². The molecule has 1 aliphatic rings. The highest BCUT2D eigenvalue weighted by atomic mass is 19.4. The van der Waals surface area contributed by atoms with Gasteiger partial charge in [-0.3, -0.25) is 14.6 Å². The Hall–Kier alpha value is -3.97. The van der Waals surface area contributed by atoms with Crippen molar-refractivity contribution in [2.75, 3.05) is 7.05 Å². The quantitative estimate of drug-likeness (QED) is 0.480. The number of carbonyl (C=O) groups excluding carboxylic acids is 2. The molecule has 0 saturated carbocycles. The second-order valence-electron chi connectivity index (χ2n) is 7.94. The number of alkyl halides is 6. The smallest absolute Gasteiger partial charge is 0.416 e. The Morgan fingerprint density at radius 1 is 1.00 bits per heavy atom. The second-order valence-corrected chi connectivity index (χ2v) is 7.94. The van der Waals surface area contributed by atoms with Crippen molar-refractivity contribution in [2.24, 2.45) is 5.10 Å². The number of carbonyl (C=O) groups is 2. The Morgan fingerprint density at radius 3 is 2.08 bits per heavy atom. The Balaban J connectivity index is 1.96. The molecular formula is C22H19F6N5O3. The third-order valence-corrected chi connectivity index (χ3v) is 4.92. The van der Waals surface area contributed by atoms with Crippen LogP contribution in [0.1, 0.15) is 59.7 Å². The van der Waals surface area contributed by atoms with Crippen molar-refractivity contribution in [3.05, 3.63) is 70.0 Å². The Bertz CT molecular complexity index is 1230. The lowest BCUT2D eigenvalue weighted by Gasteiger charge is -2.24. The van der Waals surface area contributed by atoms with Crippen molar-refractivity contribution < 1.29 is 40.7 Å². The zero-order chi connectivity index (χ0) is 27.0. The zero-order valence-corrected chi connectivity index (χ0v) is 19.2. The number of aromatic nitrogens is 2. The van der Waals surface area contributed by atoms with Gasteiger partial charge in [0.15, 0.2) is 11.5 Å². The number of hydrazone groups is 1. The number of ether oxygens (including phenoxy) is 1. The first kappa shape index (κ1) is 26.6. The standard InChI is InChI=1S/C22H19F6N5O3/c1-10(2)17-20(35)33(4)32-19(36-17)16-15(29-5-6-30-16)11(3)31-18(34)12-7-13(21(23,24)25)9-14(8-12)22(26,27)28/h5-9,11H,1-4H3,(H,31,34). The Kier molecular flexibility index (Phi) is 7.09. The topological polar surface area (TPSA) is 96.8 Å². The van der Waals surface area contributed by atoms with Gasteiger partial charge in [-0.25, -0.2) is 9.99 Å². The SMILES string of the molecule is CC(C)=C1OC(c2nccnc2C(C)NC(=O)c2cc(C(F)(F)F)cc(C(F)(F)F)c2)=NN(C)C1=O. The summed E-state index contributed by atoms with van der Waals surface area (Å²) in [6, 6.07) is -0.483. The molecule has 0 radical (unpaired) electrons. The van der Waals surface area contributed by atoms with Crippen molar-refractivity contribution >= 4 is 17.7 Å². The van der Waals surface area contributed by atoms with Gasteiger partial charge < -0.3 is 10.1 Å². The summed E-state index contributed by atoms with van der Waals surface area (Å²) < 4.78 is 84.5. The maximum atomic E-state index is 13.2. The van der Waals surface area contributed by atoms with Crippen LogP contribution in [0.2, 0.25) is 0 Å². The molecule has 3 rings (SSSR count). The maximum absolute atomic E-state index is 13.2. The fourth-order valence-electron chi connectivity index (χ4n) is 3.17. The van der Waals surface area contributed by atoms with Crippen molar-refractivity contribution in [1.82, 2.24) is 20.3 Å². The molecule has 0 spiro atoms. The maximum Gasteiger partial charge on any atom is 0.416 e. The minimum absolute atomic E-state index is 0.00317. The highest BCUT2D eigenvalue weighted by Crippen LogP contribution is 2.36. The molecule has 0 saturated heterocycles. The number of rotatable bonds is 4. The third-order valence-electron chi connectivity index (χ3n) is 4.92. The lowest BCUT2D eigenvalue weighted by Crippen LogP contribution is -2.35. The van der Waals surface area contributed by atoms with E-state index in [1.54, 1.807) is 13.8 Å². The van der Waals surface area contributed by atoms with Crippen LogP contribution in [0.4, 0.5) is 26.3 Å². The molecule has 8 nitrogen and oxygen atoms in total. The molecule has 192 valence electrons. The number of amides is 2. The first-order valence-corrected chi connectivity index (χ1v) is 10.2. The number of nitrogens with one attached hydrogen (secondary N) is 1. The molecule has 2 amide bonds. The van der Waals surface area contributed by atoms with Crippen molar-refractivity contribution in [2.45, 2.75) is 39.2 Å². The molecule has 0 aliphatic carbocycles. The van der Waals surface area contributed by atoms with Crippen LogP contribution in [0, 0.1) is 0 Å². The van der Waals surface area contributed by atoms with E-state index in [1.807, 2.05) is 0 Å². The summed E-state index contributed by atoms with van der Waals surface area (Å²) in [7, 11) is 1.38. The molecule has 2 heterocycles. The number of allylic oxidation sites excluding steroid dienone is 1. The van der Waals surface area contributed by atoms with Gasteiger partial charge in [0.2, 0.25) is 0 Å². The number of benzene rings is 1. The number of hydrogen-bond acceptors (Lipinski definition) is 6. The fraction of sp³-hybridized carbons (Fsp3) is 0.318. The van der Waals surface area contributed by atoms with Gasteiger partial charge >= 0.3 is 18.3 Å². The highest BCUT2D eigenvalue weighted by Gasteiger charge is 2.38. The molecular weight excluding hydrogens is 496 g/mol. The minimum atomic E-state index is -5.11. The van der Waals surface area contributed by atoms with E-state index in [0.29, 0.717) is 17.7 Å². The van der Waals surface area contributed by atoms with E-state index < -0.39 is 46.9 Å². The van der Waals surface area contributed by atoms with Gasteiger partial charge in [-0.2, -0.15) is 26.3 Å². The summed E-state index contributed by atoms with van der Waals surface area (Å²) in [4.78, 5) is 33.2. The van der Waals surface area contributed by atoms with E-state index in [-0.39, 0.29) is 29.1 Å². The Labute approximate surface area is 200 Å². The monoisotopic (exact) mass is 515 g/mol. The summed E-state index contributed by atoms with van der Waals surface area (Å²) in [6.45, 7) is 4.66. The molecule has 1 aromatic heterocycles. The van der Waals surface area contributed by atoms with E-state index in [9.17, 15) is 35.9 Å². The van der Waals surface area contributed by atoms with Crippen LogP contribution in [-0.4, -0.2) is 39.7 Å². The molecule has 2 aromatic rings. The first-order valence-electron chi connectivity index (χ1n) is 10.2. The summed E-state index contributed by atoms with van der Waals surface area (Å²) in [6.07, 6.45) is -7.68. The van der Waals surface area contributed by atoms with Gasteiger partial charge in [0.05, 0.1) is 22.9 Å². The molecule has 1 atom stereocenters. The van der Waals surface area contributed by atoms with Gasteiger partial charge in [0, 0.05) is 25.0 Å². The van der Waals surface area contributed by atoms with Crippen LogP contribution in [0.15, 0.2) is 47.0 Å². The second kappa shape index (κ2) is 9.59. The Morgan fingerprint density at radius 2 is 1.56 bits per heavy atom. The first-order chi connectivity index (χ1) is 16.6. The van der Waals surface area contributed by atoms with Crippen LogP contribution in [0.5, 0.6) is 0 Å². The summed E-state index contributed by atoms with van der Waals surface area (Å²) >= 11 is 0. The van der Waals surface area contributed by atoms with Gasteiger partial charge in [-0.05, 0) is 44.5 Å². The zero-order valence-electron chi connectivity index (χ0n) is 19.2. The lowest BCUT2D eigenvalue weighted by molar-refractivity contribution is -0.143. The van der Waals surface area contributed by atoms with Crippen LogP contribution in [0.25, 0.3) is 0 Å². The van der Waals surface area contributed by atoms with Crippen molar-refractivity contribution in [1.29, 1.82) is 0 Å². The third kappa shape index (κ3) is 5.63. The molecule has 0 bridgehead atoms. The minimum Gasteiger partial charge on any atom is -0.430 e. The molecule has 0 fully saturated rings. The van der Waals surface area contributed by atoms with Crippen molar-refractivity contribution in [3.63, 3.8) is 0 Å². The lowest BCUT2D eigenvalue weighted by atomic mass is 10.0. The number of halogens is 6. The number of nitrogens with zero attached hydrogens (tertiary/aromatic N) is 4. The van der Waals surface area contributed by atoms with E-state index in [2.05, 4.69) is 20.4 Å². The molecule has 36 heavy (non-hydrogen) atoms. The molecule has 1 aromatic carbocycles. The number of likely N-dealkylation sites (N-methyl/N-ethyl adjacent to an activating group) is 1. The molecule has 14 heteroatoms. The van der Waals surface area contributed by atoms with E-state index in [0.717, 1.165) is 5.01 Å². The van der Waals surface area contributed by atoms with E-state index in [4.69, 9.17) is 4.74 Å². The van der Waals surface area contributed by atoms with Crippen LogP contribution in [0.3, 0.4) is 0 Å². The summed E-state index contributed by atoms with van der Waals surface area (Å²) in [5, 5.41) is 7.33. The summed E-state index contributed by atoms with van der Waals surface area (Å²) in [5.41, 5.74) is -3.51. The van der Waals surface area contributed by atoms with Crippen LogP contribution in [-0.2, 0) is 21.9 Å². The van der Waals surface area contributed by atoms with E-state index in [1.165, 1.54) is 26.4 Å². The molecule has 1 unspecified atom stereocenters.